The lowest BCUT2D eigenvalue weighted by Gasteiger charge is -2.39. The van der Waals surface area contributed by atoms with Crippen LogP contribution in [0.5, 0.6) is 0 Å². The summed E-state index contributed by atoms with van der Waals surface area (Å²) in [5.74, 6) is 1.42. The van der Waals surface area contributed by atoms with E-state index in [0.29, 0.717) is 16.9 Å². The van der Waals surface area contributed by atoms with Gasteiger partial charge in [0.1, 0.15) is 0 Å². The minimum atomic E-state index is -0.573. The summed E-state index contributed by atoms with van der Waals surface area (Å²) in [6.45, 7) is 4.54. The number of rotatable bonds is 3. The summed E-state index contributed by atoms with van der Waals surface area (Å²) in [6.07, 6.45) is 8.44. The second-order valence-electron chi connectivity index (χ2n) is 6.98. The predicted molar refractivity (Wildman–Crippen MR) is 86.4 cm³/mol. The molecule has 0 bridgehead atoms. The molecule has 3 unspecified atom stereocenters. The number of nitrogens with one attached hydrogen (secondary N) is 1. The molecule has 0 aromatic rings. The molecule has 0 aromatic carbocycles. The molecule has 2 rings (SSSR count). The Bertz CT molecular complexity index is 377. The van der Waals surface area contributed by atoms with Crippen molar-refractivity contribution in [3.05, 3.63) is 0 Å². The fourth-order valence-corrected chi connectivity index (χ4v) is 4.22. The number of carbonyl (C=O) groups is 1. The zero-order valence-corrected chi connectivity index (χ0v) is 13.6. The molecule has 0 aliphatic heterocycles. The Morgan fingerprint density at radius 2 is 1.85 bits per heavy atom. The number of thiocarbonyl (C=S) groups is 1. The molecule has 3 nitrogen and oxygen atoms in total. The molecule has 0 radical (unpaired) electrons. The number of carbonyl (C=O) groups excluding carboxylic acids is 1. The molecule has 2 fully saturated rings. The Labute approximate surface area is 128 Å². The zero-order chi connectivity index (χ0) is 14.8. The Balaban J connectivity index is 2.03. The predicted octanol–water partition coefficient (Wildman–Crippen LogP) is 3.16. The van der Waals surface area contributed by atoms with E-state index in [0.717, 1.165) is 38.0 Å². The summed E-state index contributed by atoms with van der Waals surface area (Å²) in [4.78, 5) is 13.2. The molecule has 0 heterocycles. The van der Waals surface area contributed by atoms with Crippen LogP contribution in [-0.2, 0) is 4.79 Å². The van der Waals surface area contributed by atoms with Crippen molar-refractivity contribution in [1.29, 1.82) is 0 Å². The molecule has 0 saturated heterocycles. The molecular weight excluding hydrogens is 268 g/mol. The van der Waals surface area contributed by atoms with Crippen LogP contribution in [0.1, 0.15) is 65.2 Å². The standard InChI is InChI=1S/C16H28N2OS/c1-11-6-7-13(12(2)10-11)18-15(19)16(14(17)20)8-4-3-5-9-16/h11-13H,3-10H2,1-2H3,(H2,17,20)(H,18,19). The van der Waals surface area contributed by atoms with Crippen molar-refractivity contribution in [1.82, 2.24) is 5.32 Å². The maximum absolute atomic E-state index is 12.8. The van der Waals surface area contributed by atoms with E-state index in [2.05, 4.69) is 19.2 Å². The molecule has 114 valence electrons. The molecule has 0 spiro atoms. The fourth-order valence-electron chi connectivity index (χ4n) is 3.93. The lowest BCUT2D eigenvalue weighted by Crippen LogP contribution is -2.54. The first-order valence-corrected chi connectivity index (χ1v) is 8.47. The van der Waals surface area contributed by atoms with E-state index < -0.39 is 5.41 Å². The van der Waals surface area contributed by atoms with Crippen LogP contribution in [0.25, 0.3) is 0 Å². The van der Waals surface area contributed by atoms with Crippen LogP contribution in [-0.4, -0.2) is 16.9 Å². The SMILES string of the molecule is CC1CCC(NC(=O)C2(C(N)=S)CCCCC2)C(C)C1. The highest BCUT2D eigenvalue weighted by atomic mass is 32.1. The third-order valence-corrected chi connectivity index (χ3v) is 5.75. The molecule has 20 heavy (non-hydrogen) atoms. The second kappa shape index (κ2) is 6.42. The first-order chi connectivity index (χ1) is 9.45. The van der Waals surface area contributed by atoms with Gasteiger partial charge < -0.3 is 11.1 Å². The Kier molecular flexibility index (Phi) is 5.05. The van der Waals surface area contributed by atoms with E-state index in [1.807, 2.05) is 0 Å². The van der Waals surface area contributed by atoms with Gasteiger partial charge in [-0.3, -0.25) is 4.79 Å². The van der Waals surface area contributed by atoms with Gasteiger partial charge in [0.05, 0.1) is 10.4 Å². The van der Waals surface area contributed by atoms with Crippen LogP contribution in [0.2, 0.25) is 0 Å². The maximum atomic E-state index is 12.8. The first kappa shape index (κ1) is 15.7. The van der Waals surface area contributed by atoms with Crippen LogP contribution >= 0.6 is 12.2 Å². The second-order valence-corrected chi connectivity index (χ2v) is 7.42. The molecule has 3 atom stereocenters. The lowest BCUT2D eigenvalue weighted by molar-refractivity contribution is -0.130. The maximum Gasteiger partial charge on any atom is 0.233 e. The van der Waals surface area contributed by atoms with Crippen molar-refractivity contribution in [2.75, 3.05) is 0 Å². The van der Waals surface area contributed by atoms with E-state index >= 15 is 0 Å². The summed E-state index contributed by atoms with van der Waals surface area (Å²) in [5, 5.41) is 3.27. The number of hydrogen-bond donors (Lipinski definition) is 2. The highest BCUT2D eigenvalue weighted by Gasteiger charge is 2.43. The van der Waals surface area contributed by atoms with Gasteiger partial charge in [0, 0.05) is 6.04 Å². The van der Waals surface area contributed by atoms with Gasteiger partial charge in [-0.2, -0.15) is 0 Å². The number of hydrogen-bond acceptors (Lipinski definition) is 2. The highest BCUT2D eigenvalue weighted by molar-refractivity contribution is 7.80. The third-order valence-electron chi connectivity index (χ3n) is 5.36. The van der Waals surface area contributed by atoms with Gasteiger partial charge in [0.2, 0.25) is 5.91 Å². The smallest absolute Gasteiger partial charge is 0.233 e. The van der Waals surface area contributed by atoms with Crippen molar-refractivity contribution >= 4 is 23.1 Å². The van der Waals surface area contributed by atoms with E-state index in [-0.39, 0.29) is 5.91 Å². The zero-order valence-electron chi connectivity index (χ0n) is 12.8. The topological polar surface area (TPSA) is 55.1 Å². The molecule has 4 heteroatoms. The summed E-state index contributed by atoms with van der Waals surface area (Å²) < 4.78 is 0. The van der Waals surface area contributed by atoms with Gasteiger partial charge >= 0.3 is 0 Å². The van der Waals surface area contributed by atoms with Crippen LogP contribution in [0, 0.1) is 17.3 Å². The van der Waals surface area contributed by atoms with Crippen LogP contribution in [0.15, 0.2) is 0 Å². The molecule has 0 aromatic heterocycles. The quantitative estimate of drug-likeness (QED) is 0.787. The average molecular weight is 296 g/mol. The summed E-state index contributed by atoms with van der Waals surface area (Å²) >= 11 is 5.24. The van der Waals surface area contributed by atoms with Gasteiger partial charge in [-0.25, -0.2) is 0 Å². The largest absolute Gasteiger partial charge is 0.392 e. The monoisotopic (exact) mass is 296 g/mol. The van der Waals surface area contributed by atoms with Crippen LogP contribution in [0.3, 0.4) is 0 Å². The minimum Gasteiger partial charge on any atom is -0.392 e. The lowest BCUT2D eigenvalue weighted by atomic mass is 9.72. The normalized spacial score (nSPS) is 33.4. The first-order valence-electron chi connectivity index (χ1n) is 8.06. The van der Waals surface area contributed by atoms with E-state index in [1.165, 1.54) is 19.3 Å². The molecule has 2 saturated carbocycles. The van der Waals surface area contributed by atoms with E-state index in [4.69, 9.17) is 18.0 Å². The van der Waals surface area contributed by atoms with Gasteiger partial charge in [-0.05, 0) is 43.9 Å². The highest BCUT2D eigenvalue weighted by Crippen LogP contribution is 2.38. The van der Waals surface area contributed by atoms with Gasteiger partial charge in [0.25, 0.3) is 0 Å². The van der Waals surface area contributed by atoms with Gasteiger partial charge in [-0.1, -0.05) is 45.3 Å². The van der Waals surface area contributed by atoms with Gasteiger partial charge in [0.15, 0.2) is 0 Å². The van der Waals surface area contributed by atoms with Crippen LogP contribution < -0.4 is 11.1 Å². The van der Waals surface area contributed by atoms with Crippen molar-refractivity contribution < 1.29 is 4.79 Å². The Hall–Kier alpha value is -0.640. The summed E-state index contributed by atoms with van der Waals surface area (Å²) in [7, 11) is 0. The number of amides is 1. The molecule has 3 N–H and O–H groups in total. The molecular formula is C16H28N2OS. The number of nitrogens with two attached hydrogens (primary N) is 1. The minimum absolute atomic E-state index is 0.0936. The average Bonchev–Trinajstić information content (AvgIpc) is 2.42. The Morgan fingerprint density at radius 3 is 2.40 bits per heavy atom. The molecule has 2 aliphatic carbocycles. The van der Waals surface area contributed by atoms with Gasteiger partial charge in [-0.15, -0.1) is 0 Å². The van der Waals surface area contributed by atoms with E-state index in [9.17, 15) is 4.79 Å². The van der Waals surface area contributed by atoms with E-state index in [1.54, 1.807) is 0 Å². The Morgan fingerprint density at radius 1 is 1.20 bits per heavy atom. The molecule has 1 amide bonds. The van der Waals surface area contributed by atoms with Crippen molar-refractivity contribution in [2.45, 2.75) is 71.3 Å². The van der Waals surface area contributed by atoms with Crippen molar-refractivity contribution in [3.63, 3.8) is 0 Å². The summed E-state index contributed by atoms with van der Waals surface area (Å²) in [6, 6.07) is 0.298. The van der Waals surface area contributed by atoms with Crippen molar-refractivity contribution in [3.8, 4) is 0 Å². The molecule has 2 aliphatic rings. The summed E-state index contributed by atoms with van der Waals surface area (Å²) in [5.41, 5.74) is 5.36. The van der Waals surface area contributed by atoms with Crippen molar-refractivity contribution in [2.24, 2.45) is 23.0 Å². The fraction of sp³-hybridized carbons (Fsp3) is 0.875. The third kappa shape index (κ3) is 3.16. The van der Waals surface area contributed by atoms with Crippen LogP contribution in [0.4, 0.5) is 0 Å².